The van der Waals surface area contributed by atoms with Crippen LogP contribution >= 0.6 is 11.6 Å². The molecule has 4 atom stereocenters. The SMILES string of the molecule is CC(C)O[C@H]1CCN(C(=O)C2CNNC2Cl)C[C@H]1F. The summed E-state index contributed by atoms with van der Waals surface area (Å²) >= 11 is 5.99. The van der Waals surface area contributed by atoms with Crippen LogP contribution in [0.2, 0.25) is 0 Å². The monoisotopic (exact) mass is 293 g/mol. The first kappa shape index (κ1) is 15.0. The molecular weight excluding hydrogens is 273 g/mol. The summed E-state index contributed by atoms with van der Waals surface area (Å²) in [4.78, 5) is 13.8. The zero-order valence-electron chi connectivity index (χ0n) is 11.2. The van der Waals surface area contributed by atoms with Crippen molar-refractivity contribution in [3.63, 3.8) is 0 Å². The molecule has 2 saturated heterocycles. The van der Waals surface area contributed by atoms with Crippen LogP contribution in [0.4, 0.5) is 4.39 Å². The number of hydrogen-bond acceptors (Lipinski definition) is 4. The summed E-state index contributed by atoms with van der Waals surface area (Å²) in [7, 11) is 0. The zero-order valence-corrected chi connectivity index (χ0v) is 12.0. The number of carbonyl (C=O) groups is 1. The van der Waals surface area contributed by atoms with Crippen molar-refractivity contribution in [2.24, 2.45) is 5.92 Å². The number of nitrogens with one attached hydrogen (secondary N) is 2. The quantitative estimate of drug-likeness (QED) is 0.592. The van der Waals surface area contributed by atoms with Gasteiger partial charge in [-0.1, -0.05) is 0 Å². The largest absolute Gasteiger partial charge is 0.372 e. The lowest BCUT2D eigenvalue weighted by molar-refractivity contribution is -0.141. The fourth-order valence-corrected chi connectivity index (χ4v) is 2.78. The van der Waals surface area contributed by atoms with E-state index in [4.69, 9.17) is 16.3 Å². The van der Waals surface area contributed by atoms with Crippen LogP contribution in [0.25, 0.3) is 0 Å². The summed E-state index contributed by atoms with van der Waals surface area (Å²) in [5, 5.41) is 0. The molecule has 2 N–H and O–H groups in total. The molecule has 2 heterocycles. The van der Waals surface area contributed by atoms with Crippen molar-refractivity contribution >= 4 is 17.5 Å². The highest BCUT2D eigenvalue weighted by molar-refractivity contribution is 6.22. The van der Waals surface area contributed by atoms with Crippen LogP contribution in [0.3, 0.4) is 0 Å². The molecule has 5 nitrogen and oxygen atoms in total. The van der Waals surface area contributed by atoms with Gasteiger partial charge in [-0.2, -0.15) is 0 Å². The van der Waals surface area contributed by atoms with Gasteiger partial charge in [-0.05, 0) is 20.3 Å². The Labute approximate surface area is 117 Å². The topological polar surface area (TPSA) is 53.6 Å². The Morgan fingerprint density at radius 2 is 2.26 bits per heavy atom. The van der Waals surface area contributed by atoms with Crippen LogP contribution in [0.1, 0.15) is 20.3 Å². The van der Waals surface area contributed by atoms with E-state index in [1.807, 2.05) is 13.8 Å². The van der Waals surface area contributed by atoms with Crippen LogP contribution in [0.5, 0.6) is 0 Å². The van der Waals surface area contributed by atoms with Crippen LogP contribution < -0.4 is 10.9 Å². The zero-order chi connectivity index (χ0) is 14.0. The Hall–Kier alpha value is -0.430. The fourth-order valence-electron chi connectivity index (χ4n) is 2.50. The molecule has 2 aliphatic rings. The highest BCUT2D eigenvalue weighted by atomic mass is 35.5. The normalized spacial score (nSPS) is 35.9. The second-order valence-electron chi connectivity index (χ2n) is 5.35. The molecule has 0 spiro atoms. The summed E-state index contributed by atoms with van der Waals surface area (Å²) in [6, 6.07) is 0. The van der Waals surface area contributed by atoms with Crippen molar-refractivity contribution in [3.8, 4) is 0 Å². The Morgan fingerprint density at radius 1 is 1.53 bits per heavy atom. The highest BCUT2D eigenvalue weighted by Crippen LogP contribution is 2.22. The van der Waals surface area contributed by atoms with Gasteiger partial charge in [-0.25, -0.2) is 9.82 Å². The minimum Gasteiger partial charge on any atom is -0.372 e. The molecule has 2 aliphatic heterocycles. The smallest absolute Gasteiger partial charge is 0.230 e. The molecule has 0 saturated carbocycles. The molecule has 110 valence electrons. The predicted molar refractivity (Wildman–Crippen MR) is 70.4 cm³/mol. The molecule has 0 bridgehead atoms. The molecule has 2 unspecified atom stereocenters. The summed E-state index contributed by atoms with van der Waals surface area (Å²) in [5.74, 6) is -0.431. The third-order valence-electron chi connectivity index (χ3n) is 3.47. The first-order valence-electron chi connectivity index (χ1n) is 6.70. The van der Waals surface area contributed by atoms with Crippen molar-refractivity contribution in [2.75, 3.05) is 19.6 Å². The van der Waals surface area contributed by atoms with Gasteiger partial charge < -0.3 is 9.64 Å². The average Bonchev–Trinajstić information content (AvgIpc) is 2.76. The van der Waals surface area contributed by atoms with Crippen molar-refractivity contribution < 1.29 is 13.9 Å². The van der Waals surface area contributed by atoms with Gasteiger partial charge in [-0.3, -0.25) is 10.2 Å². The number of halogens is 2. The molecule has 2 fully saturated rings. The molecular formula is C12H21ClFN3O2. The van der Waals surface area contributed by atoms with E-state index in [2.05, 4.69) is 10.9 Å². The molecule has 0 radical (unpaired) electrons. The maximum atomic E-state index is 14.0. The van der Waals surface area contributed by atoms with Crippen LogP contribution in [-0.4, -0.2) is 54.3 Å². The van der Waals surface area contributed by atoms with Crippen LogP contribution in [0, 0.1) is 5.92 Å². The van der Waals surface area contributed by atoms with Gasteiger partial charge in [-0.15, -0.1) is 11.6 Å². The number of piperidine rings is 1. The first-order chi connectivity index (χ1) is 8.99. The van der Waals surface area contributed by atoms with Gasteiger partial charge in [0.1, 0.15) is 11.7 Å². The highest BCUT2D eigenvalue weighted by Gasteiger charge is 2.38. The number of hydrogen-bond donors (Lipinski definition) is 2. The Balaban J connectivity index is 1.89. The third kappa shape index (κ3) is 3.56. The first-order valence-corrected chi connectivity index (χ1v) is 7.13. The van der Waals surface area contributed by atoms with Crippen LogP contribution in [0.15, 0.2) is 0 Å². The average molecular weight is 294 g/mol. The van der Waals surface area contributed by atoms with E-state index in [0.717, 1.165) is 0 Å². The maximum Gasteiger partial charge on any atom is 0.230 e. The van der Waals surface area contributed by atoms with Gasteiger partial charge in [0, 0.05) is 13.1 Å². The summed E-state index contributed by atoms with van der Waals surface area (Å²) < 4.78 is 19.5. The van der Waals surface area contributed by atoms with E-state index in [1.54, 1.807) is 4.90 Å². The molecule has 1 amide bonds. The van der Waals surface area contributed by atoms with E-state index in [9.17, 15) is 9.18 Å². The van der Waals surface area contributed by atoms with Gasteiger partial charge in [0.15, 0.2) is 0 Å². The molecule has 0 aromatic carbocycles. The number of amides is 1. The van der Waals surface area contributed by atoms with Crippen molar-refractivity contribution in [2.45, 2.75) is 44.1 Å². The van der Waals surface area contributed by atoms with Gasteiger partial charge in [0.2, 0.25) is 5.91 Å². The van der Waals surface area contributed by atoms with Crippen molar-refractivity contribution in [1.29, 1.82) is 0 Å². The van der Waals surface area contributed by atoms with E-state index < -0.39 is 17.8 Å². The number of rotatable bonds is 3. The summed E-state index contributed by atoms with van der Waals surface area (Å²) in [5.41, 5.74) is 5.19. The van der Waals surface area contributed by atoms with E-state index in [0.29, 0.717) is 19.5 Å². The number of likely N-dealkylation sites (tertiary alicyclic amines) is 1. The lowest BCUT2D eigenvalue weighted by atomic mass is 10.0. The Bertz CT molecular complexity index is 332. The Morgan fingerprint density at radius 3 is 2.79 bits per heavy atom. The number of alkyl halides is 2. The lowest BCUT2D eigenvalue weighted by Gasteiger charge is -2.36. The van der Waals surface area contributed by atoms with E-state index in [1.165, 1.54) is 0 Å². The van der Waals surface area contributed by atoms with Crippen molar-refractivity contribution in [3.05, 3.63) is 0 Å². The third-order valence-corrected chi connectivity index (χ3v) is 3.89. The maximum absolute atomic E-state index is 14.0. The molecule has 7 heteroatoms. The molecule has 19 heavy (non-hydrogen) atoms. The van der Waals surface area contributed by atoms with Gasteiger partial charge in [0.05, 0.1) is 24.7 Å². The number of carbonyl (C=O) groups excluding carboxylic acids is 1. The molecule has 0 aliphatic carbocycles. The number of hydrazine groups is 1. The lowest BCUT2D eigenvalue weighted by Crippen LogP contribution is -2.51. The predicted octanol–water partition coefficient (Wildman–Crippen LogP) is 0.639. The summed E-state index contributed by atoms with van der Waals surface area (Å²) in [6.45, 7) is 4.87. The number of ether oxygens (including phenoxy) is 1. The fraction of sp³-hybridized carbons (Fsp3) is 0.917. The molecule has 0 aromatic rings. The van der Waals surface area contributed by atoms with Gasteiger partial charge in [0.25, 0.3) is 0 Å². The standard InChI is InChI=1S/C12H21ClFN3O2/c1-7(2)19-10-3-4-17(6-9(10)14)12(18)8-5-15-16-11(8)13/h7-11,15-16H,3-6H2,1-2H3/t8?,9-,10+,11?/m1/s1. The Kier molecular flexibility index (Phi) is 5.00. The minimum atomic E-state index is -1.13. The minimum absolute atomic E-state index is 0.000885. The number of nitrogens with zero attached hydrogens (tertiary/aromatic N) is 1. The summed E-state index contributed by atoms with van der Waals surface area (Å²) in [6.07, 6.45) is -1.00. The molecule has 0 aromatic heterocycles. The van der Waals surface area contributed by atoms with Crippen molar-refractivity contribution in [1.82, 2.24) is 15.8 Å². The van der Waals surface area contributed by atoms with E-state index in [-0.39, 0.29) is 24.5 Å². The van der Waals surface area contributed by atoms with Gasteiger partial charge >= 0.3 is 0 Å². The molecule has 2 rings (SSSR count). The second-order valence-corrected chi connectivity index (χ2v) is 5.82. The second kappa shape index (κ2) is 6.35. The van der Waals surface area contributed by atoms with E-state index >= 15 is 0 Å². The van der Waals surface area contributed by atoms with Crippen LogP contribution in [-0.2, 0) is 9.53 Å².